The van der Waals surface area contributed by atoms with E-state index in [1.807, 2.05) is 21.1 Å². The monoisotopic (exact) mass is 1310 g/mol. The van der Waals surface area contributed by atoms with Gasteiger partial charge in [0, 0.05) is 12.8 Å². The zero-order valence-corrected chi connectivity index (χ0v) is 61.2. The third kappa shape index (κ3) is 75.6. The molecule has 0 rings (SSSR count). The molecule has 0 saturated carbocycles. The summed E-state index contributed by atoms with van der Waals surface area (Å²) in [6, 6.07) is 0. The van der Waals surface area contributed by atoms with E-state index < -0.39 is 24.3 Å². The van der Waals surface area contributed by atoms with Gasteiger partial charge in [0.1, 0.15) is 13.2 Å². The fourth-order valence-electron chi connectivity index (χ4n) is 9.95. The van der Waals surface area contributed by atoms with Gasteiger partial charge in [0.05, 0.1) is 40.3 Å². The number of rotatable bonds is 68. The van der Waals surface area contributed by atoms with E-state index in [1.54, 1.807) is 0 Å². The highest BCUT2D eigenvalue weighted by Crippen LogP contribution is 2.16. The van der Waals surface area contributed by atoms with E-state index >= 15 is 0 Å². The van der Waals surface area contributed by atoms with Gasteiger partial charge in [-0.25, -0.2) is 0 Å². The van der Waals surface area contributed by atoms with Crippen molar-refractivity contribution in [1.29, 1.82) is 0 Å². The Balaban J connectivity index is 4.14. The number of carbonyl (C=O) groups excluding carboxylic acids is 3. The second kappa shape index (κ2) is 74.2. The number of carboxylic acids is 1. The van der Waals surface area contributed by atoms with Crippen molar-refractivity contribution in [3.63, 3.8) is 0 Å². The third-order valence-electron chi connectivity index (χ3n) is 15.6. The molecule has 0 radical (unpaired) electrons. The summed E-state index contributed by atoms with van der Waals surface area (Å²) in [7, 11) is 5.92. The van der Waals surface area contributed by atoms with Gasteiger partial charge in [-0.05, 0) is 135 Å². The van der Waals surface area contributed by atoms with Crippen LogP contribution < -0.4 is 5.11 Å². The number of carboxylic acid groups (broad SMARTS) is 1. The Hall–Kier alpha value is -5.61. The molecule has 0 aromatic rings. The summed E-state index contributed by atoms with van der Waals surface area (Å²) in [5.74, 6) is -2.30. The standard InChI is InChI=1S/C86H139NO8/c1-6-8-10-12-14-16-18-20-22-24-26-28-30-32-34-36-38-40-41-42-43-45-47-49-51-53-55-57-59-61-63-65-67-69-71-73-75-77-84(89)95-82(81-94-86(85(90)91)92-79-78-87(3,4)5)80-93-83(88)76-74-72-70-68-66-64-62-60-58-56-54-52-50-48-46-44-39-37-35-33-31-29-27-25-23-21-19-17-15-13-11-9-7-2/h8-11,14-17,20-23,26-29,32-35,38-40,42-44,47-50,82,86H,6-7,12-13,18-19,24-25,30-31,36-37,41,45-46,51-81H2,1-5H3/b10-8-,11-9-,16-14-,17-15-,22-20-,23-21-,28-26-,29-27-,34-32-,35-33-,40-38-,43-42-,44-39-,49-47-,50-48-. The summed E-state index contributed by atoms with van der Waals surface area (Å²) in [4.78, 5) is 37.6. The largest absolute Gasteiger partial charge is 0.545 e. The van der Waals surface area contributed by atoms with Crippen molar-refractivity contribution >= 4 is 17.9 Å². The normalized spacial score (nSPS) is 13.7. The van der Waals surface area contributed by atoms with E-state index in [9.17, 15) is 19.5 Å². The molecule has 0 amide bonds. The number of aliphatic carboxylic acids is 1. The molecule has 0 aromatic carbocycles. The number of hydrogen-bond acceptors (Lipinski definition) is 8. The minimum atomic E-state index is -1.63. The van der Waals surface area contributed by atoms with Crippen LogP contribution in [-0.2, 0) is 33.3 Å². The summed E-state index contributed by atoms with van der Waals surface area (Å²) in [5, 5.41) is 11.9. The lowest BCUT2D eigenvalue weighted by molar-refractivity contribution is -0.870. The van der Waals surface area contributed by atoms with Crippen molar-refractivity contribution in [2.24, 2.45) is 0 Å². The number of hydrogen-bond donors (Lipinski definition) is 0. The quantitative estimate of drug-likeness (QED) is 0.0195. The molecule has 0 aliphatic rings. The maximum Gasteiger partial charge on any atom is 0.306 e. The average molecular weight is 1320 g/mol. The molecule has 2 unspecified atom stereocenters. The summed E-state index contributed by atoms with van der Waals surface area (Å²) in [6.45, 7) is 4.51. The fourth-order valence-corrected chi connectivity index (χ4v) is 9.95. The van der Waals surface area contributed by atoms with Gasteiger partial charge in [-0.15, -0.1) is 0 Å². The highest BCUT2D eigenvalue weighted by Gasteiger charge is 2.22. The lowest BCUT2D eigenvalue weighted by Crippen LogP contribution is -2.44. The van der Waals surface area contributed by atoms with Crippen LogP contribution in [0.3, 0.4) is 0 Å². The molecule has 0 bridgehead atoms. The van der Waals surface area contributed by atoms with Crippen molar-refractivity contribution < 1.29 is 42.9 Å². The number of unbranched alkanes of at least 4 members (excludes halogenated alkanes) is 23. The predicted molar refractivity (Wildman–Crippen MR) is 407 cm³/mol. The van der Waals surface area contributed by atoms with Gasteiger partial charge in [0.2, 0.25) is 0 Å². The molecule has 0 saturated heterocycles. The SMILES string of the molecule is CC/C=C\C/C=C\C/C=C\C/C=C\C/C=C\C/C=C\C/C=C\C/C=C\CCCCCCCCCCCCCCC(=O)OC(COC(=O)CCCCCCCCCCCCC/C=C\C/C=C\C/C=C\C/C=C\C/C=C\C/C=C\C/C=C\CC)COC(OCC[N+](C)(C)C)C(=O)[O-]. The highest BCUT2D eigenvalue weighted by molar-refractivity contribution is 5.70. The maximum atomic E-state index is 13.0. The first-order valence-electron chi connectivity index (χ1n) is 37.9. The number of allylic oxidation sites excluding steroid dienone is 30. The highest BCUT2D eigenvalue weighted by atomic mass is 16.7. The molecule has 0 N–H and O–H groups in total. The van der Waals surface area contributed by atoms with Gasteiger partial charge >= 0.3 is 11.9 Å². The van der Waals surface area contributed by atoms with Crippen LogP contribution in [-0.4, -0.2) is 82.3 Å². The van der Waals surface area contributed by atoms with Crippen molar-refractivity contribution in [3.05, 3.63) is 182 Å². The Morgan fingerprint density at radius 2 is 0.568 bits per heavy atom. The molecular weight excluding hydrogens is 1170 g/mol. The van der Waals surface area contributed by atoms with Gasteiger partial charge in [0.15, 0.2) is 12.4 Å². The Kier molecular flexibility index (Phi) is 69.8. The van der Waals surface area contributed by atoms with Crippen LogP contribution in [0.2, 0.25) is 0 Å². The van der Waals surface area contributed by atoms with Crippen molar-refractivity contribution in [2.75, 3.05) is 47.5 Å². The maximum absolute atomic E-state index is 13.0. The lowest BCUT2D eigenvalue weighted by Gasteiger charge is -2.26. The van der Waals surface area contributed by atoms with Crippen molar-refractivity contribution in [3.8, 4) is 0 Å². The van der Waals surface area contributed by atoms with E-state index in [0.717, 1.165) is 154 Å². The minimum absolute atomic E-state index is 0.139. The van der Waals surface area contributed by atoms with Gasteiger partial charge in [-0.2, -0.15) is 0 Å². The molecular formula is C86H139NO8. The van der Waals surface area contributed by atoms with E-state index in [2.05, 4.69) is 196 Å². The number of quaternary nitrogens is 1. The first-order valence-corrected chi connectivity index (χ1v) is 37.9. The Labute approximate surface area is 583 Å². The van der Waals surface area contributed by atoms with Crippen LogP contribution in [0.4, 0.5) is 0 Å². The van der Waals surface area contributed by atoms with Crippen LogP contribution in [0, 0.1) is 0 Å². The van der Waals surface area contributed by atoms with Gasteiger partial charge in [-0.3, -0.25) is 9.59 Å². The molecule has 0 spiro atoms. The number of nitrogens with zero attached hydrogens (tertiary/aromatic N) is 1. The van der Waals surface area contributed by atoms with Gasteiger partial charge in [-0.1, -0.05) is 318 Å². The fraction of sp³-hybridized carbons (Fsp3) is 0.616. The molecule has 0 aromatic heterocycles. The summed E-state index contributed by atoms with van der Waals surface area (Å²) < 4.78 is 22.8. The molecule has 9 nitrogen and oxygen atoms in total. The zero-order valence-electron chi connectivity index (χ0n) is 61.2. The summed E-state index contributed by atoms with van der Waals surface area (Å²) >= 11 is 0. The smallest absolute Gasteiger partial charge is 0.306 e. The molecule has 0 aliphatic carbocycles. The number of ether oxygens (including phenoxy) is 4. The topological polar surface area (TPSA) is 111 Å². The molecule has 9 heteroatoms. The summed E-state index contributed by atoms with van der Waals surface area (Å²) in [6.07, 6.45) is 110. The second-order valence-corrected chi connectivity index (χ2v) is 25.8. The number of esters is 2. The van der Waals surface area contributed by atoms with Crippen LogP contribution in [0.15, 0.2) is 182 Å². The zero-order chi connectivity index (χ0) is 69.0. The van der Waals surface area contributed by atoms with Crippen LogP contribution in [0.25, 0.3) is 0 Å². The molecule has 95 heavy (non-hydrogen) atoms. The first-order chi connectivity index (χ1) is 46.6. The predicted octanol–water partition coefficient (Wildman–Crippen LogP) is 23.0. The lowest BCUT2D eigenvalue weighted by atomic mass is 10.0. The van der Waals surface area contributed by atoms with E-state index in [1.165, 1.54) is 96.3 Å². The number of carbonyl (C=O) groups is 3. The Morgan fingerprint density at radius 1 is 0.316 bits per heavy atom. The van der Waals surface area contributed by atoms with Gasteiger partial charge in [0.25, 0.3) is 0 Å². The molecule has 536 valence electrons. The molecule has 0 fully saturated rings. The first kappa shape index (κ1) is 89.4. The molecule has 2 atom stereocenters. The third-order valence-corrected chi connectivity index (χ3v) is 15.6. The Bertz CT molecular complexity index is 2220. The average Bonchev–Trinajstić information content (AvgIpc) is 3.75. The molecule has 0 heterocycles. The van der Waals surface area contributed by atoms with E-state index in [4.69, 9.17) is 18.9 Å². The van der Waals surface area contributed by atoms with Crippen LogP contribution >= 0.6 is 0 Å². The van der Waals surface area contributed by atoms with Crippen molar-refractivity contribution in [1.82, 2.24) is 0 Å². The van der Waals surface area contributed by atoms with Crippen molar-refractivity contribution in [2.45, 2.75) is 296 Å². The molecule has 0 aliphatic heterocycles. The van der Waals surface area contributed by atoms with E-state index in [0.29, 0.717) is 17.4 Å². The Morgan fingerprint density at radius 3 is 0.842 bits per heavy atom. The van der Waals surface area contributed by atoms with Crippen LogP contribution in [0.1, 0.15) is 284 Å². The van der Waals surface area contributed by atoms with E-state index in [-0.39, 0.29) is 38.6 Å². The minimum Gasteiger partial charge on any atom is -0.545 e. The van der Waals surface area contributed by atoms with Gasteiger partial charge < -0.3 is 33.3 Å². The van der Waals surface area contributed by atoms with Crippen LogP contribution in [0.5, 0.6) is 0 Å². The summed E-state index contributed by atoms with van der Waals surface area (Å²) in [5.41, 5.74) is 0. The second-order valence-electron chi connectivity index (χ2n) is 25.8. The number of likely N-dealkylation sites (N-methyl/N-ethyl adjacent to an activating group) is 1.